The molecule has 4 heterocycles. The fourth-order valence-corrected chi connectivity index (χ4v) is 5.87. The number of hydrogen-bond acceptors (Lipinski definition) is 9. The molecule has 0 atom stereocenters. The van der Waals surface area contributed by atoms with Gasteiger partial charge in [0.1, 0.15) is 6.54 Å². The first kappa shape index (κ1) is 20.1. The molecule has 0 saturated carbocycles. The second-order valence-corrected chi connectivity index (χ2v) is 9.83. The van der Waals surface area contributed by atoms with Gasteiger partial charge in [0.15, 0.2) is 11.2 Å². The number of nitrogens with zero attached hydrogens (tertiary/aromatic N) is 6. The molecule has 1 fully saturated rings. The Morgan fingerprint density at radius 3 is 2.75 bits per heavy atom. The predicted molar refractivity (Wildman–Crippen MR) is 112 cm³/mol. The summed E-state index contributed by atoms with van der Waals surface area (Å²) in [7, 11) is -4.18. The normalized spacial score (nSPS) is 14.8. The number of rotatable bonds is 4. The molecular formula is C17H14N8O5S2. The maximum atomic E-state index is 12.9. The Labute approximate surface area is 183 Å². The van der Waals surface area contributed by atoms with Gasteiger partial charge in [-0.15, -0.1) is 11.3 Å². The third-order valence-electron chi connectivity index (χ3n) is 4.78. The number of thiazole rings is 1. The zero-order valence-corrected chi connectivity index (χ0v) is 17.8. The van der Waals surface area contributed by atoms with E-state index in [1.54, 1.807) is 24.3 Å². The highest BCUT2D eigenvalue weighted by atomic mass is 32.2. The molecular weight excluding hydrogens is 460 g/mol. The Kier molecular flexibility index (Phi) is 4.63. The molecule has 4 aromatic rings. The summed E-state index contributed by atoms with van der Waals surface area (Å²) >= 11 is 0.965. The number of hydrazine groups is 1. The first-order valence-electron chi connectivity index (χ1n) is 9.22. The fourth-order valence-electron chi connectivity index (χ4n) is 3.23. The van der Waals surface area contributed by atoms with E-state index in [9.17, 15) is 22.8 Å². The van der Waals surface area contributed by atoms with Crippen molar-refractivity contribution in [3.05, 3.63) is 47.3 Å². The van der Waals surface area contributed by atoms with Crippen molar-refractivity contribution < 1.29 is 18.0 Å². The van der Waals surface area contributed by atoms with Crippen molar-refractivity contribution in [2.45, 2.75) is 10.9 Å². The third-order valence-corrected chi connectivity index (χ3v) is 7.96. The SMILES string of the molecule is O=C(Cn1cnc2c(=O)[nH]cnc21)N1CCN(S(=O)(=O)c2nc3ccccc3s2)C(=O)N1. The molecule has 1 aromatic carbocycles. The van der Waals surface area contributed by atoms with Crippen LogP contribution in [0, 0.1) is 0 Å². The number of amides is 3. The van der Waals surface area contributed by atoms with Gasteiger partial charge >= 0.3 is 6.03 Å². The Morgan fingerprint density at radius 2 is 1.97 bits per heavy atom. The lowest BCUT2D eigenvalue weighted by Crippen LogP contribution is -2.61. The van der Waals surface area contributed by atoms with E-state index >= 15 is 0 Å². The Balaban J connectivity index is 1.32. The van der Waals surface area contributed by atoms with Gasteiger partial charge < -0.3 is 9.55 Å². The molecule has 1 saturated heterocycles. The average molecular weight is 474 g/mol. The van der Waals surface area contributed by atoms with Crippen LogP contribution in [0.1, 0.15) is 0 Å². The van der Waals surface area contributed by atoms with E-state index in [1.807, 2.05) is 0 Å². The number of carbonyl (C=O) groups is 2. The molecule has 0 bridgehead atoms. The van der Waals surface area contributed by atoms with E-state index in [2.05, 4.69) is 25.4 Å². The summed E-state index contributed by atoms with van der Waals surface area (Å²) < 4.78 is 28.4. The molecule has 0 radical (unpaired) electrons. The zero-order chi connectivity index (χ0) is 22.5. The number of sulfonamides is 1. The molecule has 32 heavy (non-hydrogen) atoms. The number of carbonyl (C=O) groups excluding carboxylic acids is 2. The highest BCUT2D eigenvalue weighted by Crippen LogP contribution is 2.28. The molecule has 164 valence electrons. The molecule has 0 unspecified atom stereocenters. The van der Waals surface area contributed by atoms with Crippen LogP contribution in [-0.2, 0) is 21.4 Å². The van der Waals surface area contributed by atoms with E-state index in [1.165, 1.54) is 17.2 Å². The Morgan fingerprint density at radius 1 is 1.16 bits per heavy atom. The van der Waals surface area contributed by atoms with Gasteiger partial charge in [0.25, 0.3) is 21.5 Å². The van der Waals surface area contributed by atoms with Crippen molar-refractivity contribution >= 4 is 54.7 Å². The minimum absolute atomic E-state index is 0.0741. The molecule has 2 N–H and O–H groups in total. The topological polar surface area (TPSA) is 163 Å². The fraction of sp³-hybridized carbons (Fsp3) is 0.176. The van der Waals surface area contributed by atoms with Gasteiger partial charge in [0, 0.05) is 0 Å². The highest BCUT2D eigenvalue weighted by molar-refractivity contribution is 7.91. The lowest BCUT2D eigenvalue weighted by molar-refractivity contribution is -0.135. The van der Waals surface area contributed by atoms with Gasteiger partial charge in [-0.25, -0.2) is 34.5 Å². The van der Waals surface area contributed by atoms with Crippen LogP contribution < -0.4 is 11.0 Å². The quantitative estimate of drug-likeness (QED) is 0.414. The molecule has 1 aliphatic rings. The predicted octanol–water partition coefficient (Wildman–Crippen LogP) is -0.113. The summed E-state index contributed by atoms with van der Waals surface area (Å²) in [6.45, 7) is -0.564. The van der Waals surface area contributed by atoms with Crippen molar-refractivity contribution in [3.8, 4) is 0 Å². The van der Waals surface area contributed by atoms with Crippen LogP contribution in [0.5, 0.6) is 0 Å². The van der Waals surface area contributed by atoms with Crippen LogP contribution in [0.2, 0.25) is 0 Å². The number of aromatic nitrogens is 5. The highest BCUT2D eigenvalue weighted by Gasteiger charge is 2.37. The summed E-state index contributed by atoms with van der Waals surface area (Å²) in [5, 5.41) is 1.02. The van der Waals surface area contributed by atoms with Crippen molar-refractivity contribution in [1.29, 1.82) is 0 Å². The van der Waals surface area contributed by atoms with Crippen LogP contribution in [0.4, 0.5) is 4.79 Å². The zero-order valence-electron chi connectivity index (χ0n) is 16.1. The minimum Gasteiger partial charge on any atom is -0.311 e. The van der Waals surface area contributed by atoms with Gasteiger partial charge in [0.2, 0.25) is 4.34 Å². The maximum Gasteiger partial charge on any atom is 0.350 e. The number of fused-ring (bicyclic) bond motifs is 2. The summed E-state index contributed by atoms with van der Waals surface area (Å²) in [6.07, 6.45) is 2.49. The number of para-hydroxylation sites is 1. The molecule has 15 heteroatoms. The average Bonchev–Trinajstić information content (AvgIpc) is 3.39. The standard InChI is InChI=1S/C17H14N8O5S2/c26-12(7-23-9-20-13-14(23)18-8-19-15(13)27)24-5-6-25(16(28)22-24)32(29,30)17-21-10-3-1-2-4-11(10)31-17/h1-4,8-9H,5-7H2,(H,22,28)(H,18,19,27). The van der Waals surface area contributed by atoms with Crippen LogP contribution in [0.3, 0.4) is 0 Å². The molecule has 1 aliphatic heterocycles. The second kappa shape index (κ2) is 7.38. The molecule has 13 nitrogen and oxygen atoms in total. The summed E-state index contributed by atoms with van der Waals surface area (Å²) in [4.78, 5) is 51.4. The van der Waals surface area contributed by atoms with Crippen LogP contribution in [-0.4, -0.2) is 67.3 Å². The molecule has 3 amide bonds. The monoisotopic (exact) mass is 474 g/mol. The number of imidazole rings is 1. The lowest BCUT2D eigenvalue weighted by atomic mass is 10.3. The first-order valence-corrected chi connectivity index (χ1v) is 11.5. The number of aromatic amines is 1. The lowest BCUT2D eigenvalue weighted by Gasteiger charge is -2.33. The van der Waals surface area contributed by atoms with Gasteiger partial charge in [-0.05, 0) is 12.1 Å². The minimum atomic E-state index is -4.18. The number of hydrogen-bond donors (Lipinski definition) is 2. The summed E-state index contributed by atoms with van der Waals surface area (Å²) in [5.74, 6) is -0.531. The summed E-state index contributed by atoms with van der Waals surface area (Å²) in [6, 6.07) is 5.97. The van der Waals surface area contributed by atoms with Crippen LogP contribution in [0.15, 0.2) is 46.1 Å². The Hall–Kier alpha value is -3.85. The van der Waals surface area contributed by atoms with E-state index in [4.69, 9.17) is 0 Å². The first-order chi connectivity index (χ1) is 15.3. The van der Waals surface area contributed by atoms with Gasteiger partial charge in [-0.3, -0.25) is 9.59 Å². The number of nitrogens with one attached hydrogen (secondary N) is 2. The van der Waals surface area contributed by atoms with Crippen molar-refractivity contribution in [2.24, 2.45) is 0 Å². The van der Waals surface area contributed by atoms with Crippen molar-refractivity contribution in [3.63, 3.8) is 0 Å². The Bertz CT molecular complexity index is 1510. The molecule has 3 aromatic heterocycles. The largest absolute Gasteiger partial charge is 0.350 e. The van der Waals surface area contributed by atoms with Crippen molar-refractivity contribution in [2.75, 3.05) is 13.1 Å². The van der Waals surface area contributed by atoms with E-state index in [0.29, 0.717) is 14.5 Å². The molecule has 0 aliphatic carbocycles. The van der Waals surface area contributed by atoms with Gasteiger partial charge in [0.05, 0.1) is 36.0 Å². The van der Waals surface area contributed by atoms with Gasteiger partial charge in [-0.2, -0.15) is 8.42 Å². The third kappa shape index (κ3) is 3.27. The van der Waals surface area contributed by atoms with Crippen LogP contribution in [0.25, 0.3) is 21.4 Å². The number of urea groups is 1. The van der Waals surface area contributed by atoms with Crippen LogP contribution >= 0.6 is 11.3 Å². The van der Waals surface area contributed by atoms with E-state index in [0.717, 1.165) is 16.3 Å². The number of H-pyrrole nitrogens is 1. The second-order valence-electron chi connectivity index (χ2n) is 6.76. The number of benzene rings is 1. The van der Waals surface area contributed by atoms with Crippen molar-refractivity contribution in [1.82, 2.24) is 39.2 Å². The van der Waals surface area contributed by atoms with E-state index < -0.39 is 27.5 Å². The molecule has 0 spiro atoms. The van der Waals surface area contributed by atoms with Gasteiger partial charge in [-0.1, -0.05) is 12.1 Å². The smallest absolute Gasteiger partial charge is 0.311 e. The molecule has 5 rings (SSSR count). The van der Waals surface area contributed by atoms with E-state index in [-0.39, 0.29) is 35.1 Å². The maximum absolute atomic E-state index is 12.9. The summed E-state index contributed by atoms with van der Waals surface area (Å²) in [5.41, 5.74) is 2.66.